The molecule has 2 fully saturated rings. The van der Waals surface area contributed by atoms with E-state index in [4.69, 9.17) is 4.74 Å². The highest BCUT2D eigenvalue weighted by molar-refractivity contribution is 5.39. The maximum atomic E-state index is 13.2. The van der Waals surface area contributed by atoms with E-state index in [2.05, 4.69) is 20.2 Å². The number of anilines is 1. The van der Waals surface area contributed by atoms with Crippen LogP contribution in [-0.4, -0.2) is 36.1 Å². The third-order valence-corrected chi connectivity index (χ3v) is 4.62. The second kappa shape index (κ2) is 6.32. The van der Waals surface area contributed by atoms with E-state index in [0.717, 1.165) is 38.1 Å². The summed E-state index contributed by atoms with van der Waals surface area (Å²) < 4.78 is 31.9. The SMILES string of the molecule is Fc1cc(F)cc(COc2cncc(N3C[C@H]4CNC[C@H]4C3)n2)c1. The third-order valence-electron chi connectivity index (χ3n) is 4.62. The number of halogens is 2. The summed E-state index contributed by atoms with van der Waals surface area (Å²) in [6, 6.07) is 3.33. The van der Waals surface area contributed by atoms with Crippen molar-refractivity contribution in [2.75, 3.05) is 31.1 Å². The van der Waals surface area contributed by atoms with Gasteiger partial charge in [0.1, 0.15) is 18.2 Å². The number of hydrogen-bond acceptors (Lipinski definition) is 5. The zero-order chi connectivity index (χ0) is 16.5. The van der Waals surface area contributed by atoms with Crippen molar-refractivity contribution in [3.63, 3.8) is 0 Å². The van der Waals surface area contributed by atoms with Crippen LogP contribution in [0.2, 0.25) is 0 Å². The van der Waals surface area contributed by atoms with Crippen molar-refractivity contribution in [3.8, 4) is 5.88 Å². The monoisotopic (exact) mass is 332 g/mol. The lowest BCUT2D eigenvalue weighted by Gasteiger charge is -2.18. The Labute approximate surface area is 138 Å². The van der Waals surface area contributed by atoms with Gasteiger partial charge in [0.25, 0.3) is 0 Å². The molecule has 1 aromatic carbocycles. The van der Waals surface area contributed by atoms with Gasteiger partial charge >= 0.3 is 0 Å². The zero-order valence-corrected chi connectivity index (χ0v) is 13.1. The Bertz CT molecular complexity index is 710. The summed E-state index contributed by atoms with van der Waals surface area (Å²) in [6.07, 6.45) is 3.24. The van der Waals surface area contributed by atoms with Crippen molar-refractivity contribution in [2.45, 2.75) is 6.61 Å². The molecule has 0 spiro atoms. The number of ether oxygens (including phenoxy) is 1. The molecule has 0 unspecified atom stereocenters. The molecule has 1 aromatic heterocycles. The summed E-state index contributed by atoms with van der Waals surface area (Å²) in [4.78, 5) is 10.9. The molecule has 2 saturated heterocycles. The van der Waals surface area contributed by atoms with Gasteiger partial charge in [0.15, 0.2) is 5.82 Å². The standard InChI is InChI=1S/C17H18F2N4O/c18-14-1-11(2-15(19)3-14)10-24-17-7-21-6-16(22-17)23-8-12-4-20-5-13(12)9-23/h1-3,6-7,12-13,20H,4-5,8-10H2/t12-,13+. The molecule has 1 N–H and O–H groups in total. The highest BCUT2D eigenvalue weighted by Crippen LogP contribution is 2.29. The van der Waals surface area contributed by atoms with Gasteiger partial charge in [0, 0.05) is 32.2 Å². The first-order chi connectivity index (χ1) is 11.7. The molecule has 4 rings (SSSR count). The minimum Gasteiger partial charge on any atom is -0.472 e. The summed E-state index contributed by atoms with van der Waals surface area (Å²) in [6.45, 7) is 4.07. The van der Waals surface area contributed by atoms with Crippen LogP contribution in [0, 0.1) is 23.5 Å². The maximum absolute atomic E-state index is 13.2. The summed E-state index contributed by atoms with van der Waals surface area (Å²) >= 11 is 0. The van der Waals surface area contributed by atoms with Gasteiger partial charge < -0.3 is 15.0 Å². The lowest BCUT2D eigenvalue weighted by atomic mass is 10.0. The number of nitrogens with zero attached hydrogens (tertiary/aromatic N) is 3. The van der Waals surface area contributed by atoms with E-state index in [-0.39, 0.29) is 6.61 Å². The van der Waals surface area contributed by atoms with Crippen molar-refractivity contribution in [1.82, 2.24) is 15.3 Å². The minimum absolute atomic E-state index is 0.0436. The highest BCUT2D eigenvalue weighted by Gasteiger charge is 2.36. The topological polar surface area (TPSA) is 50.3 Å². The largest absolute Gasteiger partial charge is 0.472 e. The molecule has 0 saturated carbocycles. The number of aromatic nitrogens is 2. The summed E-state index contributed by atoms with van der Waals surface area (Å²) in [7, 11) is 0. The smallest absolute Gasteiger partial charge is 0.234 e. The fourth-order valence-corrected chi connectivity index (χ4v) is 3.45. The van der Waals surface area contributed by atoms with Gasteiger partial charge in [0.05, 0.1) is 12.4 Å². The minimum atomic E-state index is -0.620. The fraction of sp³-hybridized carbons (Fsp3) is 0.412. The van der Waals surface area contributed by atoms with E-state index in [1.54, 1.807) is 6.20 Å². The van der Waals surface area contributed by atoms with Crippen molar-refractivity contribution < 1.29 is 13.5 Å². The van der Waals surface area contributed by atoms with E-state index in [1.807, 2.05) is 0 Å². The first-order valence-corrected chi connectivity index (χ1v) is 8.03. The maximum Gasteiger partial charge on any atom is 0.234 e. The molecular weight excluding hydrogens is 314 g/mol. The molecule has 0 aliphatic carbocycles. The van der Waals surface area contributed by atoms with Crippen molar-refractivity contribution in [3.05, 3.63) is 47.8 Å². The predicted octanol–water partition coefficient (Wildman–Crippen LogP) is 1.99. The number of fused-ring (bicyclic) bond motifs is 1. The second-order valence-electron chi connectivity index (χ2n) is 6.37. The summed E-state index contributed by atoms with van der Waals surface area (Å²) in [5, 5.41) is 3.41. The Morgan fingerprint density at radius 3 is 2.50 bits per heavy atom. The van der Waals surface area contributed by atoms with Gasteiger partial charge in [0.2, 0.25) is 5.88 Å². The Hall–Kier alpha value is -2.28. The molecule has 0 amide bonds. The van der Waals surface area contributed by atoms with E-state index >= 15 is 0 Å². The lowest BCUT2D eigenvalue weighted by molar-refractivity contribution is 0.291. The summed E-state index contributed by atoms with van der Waals surface area (Å²) in [5.74, 6) is 1.22. The molecular formula is C17H18F2N4O. The van der Waals surface area contributed by atoms with E-state index in [1.165, 1.54) is 18.3 Å². The van der Waals surface area contributed by atoms with Gasteiger partial charge in [-0.15, -0.1) is 0 Å². The molecule has 3 heterocycles. The molecule has 2 aliphatic heterocycles. The van der Waals surface area contributed by atoms with Crippen LogP contribution in [-0.2, 0) is 6.61 Å². The fourth-order valence-electron chi connectivity index (χ4n) is 3.45. The average molecular weight is 332 g/mol. The number of rotatable bonds is 4. The van der Waals surface area contributed by atoms with Crippen LogP contribution in [0.1, 0.15) is 5.56 Å². The normalized spacial score (nSPS) is 22.7. The molecule has 126 valence electrons. The van der Waals surface area contributed by atoms with Crippen LogP contribution >= 0.6 is 0 Å². The lowest BCUT2D eigenvalue weighted by Crippen LogP contribution is -2.26. The predicted molar refractivity (Wildman–Crippen MR) is 84.8 cm³/mol. The molecule has 24 heavy (non-hydrogen) atoms. The second-order valence-corrected chi connectivity index (χ2v) is 6.37. The highest BCUT2D eigenvalue weighted by atomic mass is 19.1. The van der Waals surface area contributed by atoms with Crippen LogP contribution in [0.25, 0.3) is 0 Å². The molecule has 2 atom stereocenters. The van der Waals surface area contributed by atoms with Gasteiger partial charge in [-0.3, -0.25) is 4.98 Å². The van der Waals surface area contributed by atoms with Crippen LogP contribution in [0.5, 0.6) is 5.88 Å². The Kier molecular flexibility index (Phi) is 4.02. The van der Waals surface area contributed by atoms with Crippen LogP contribution in [0.4, 0.5) is 14.6 Å². The van der Waals surface area contributed by atoms with Crippen LogP contribution in [0.15, 0.2) is 30.6 Å². The van der Waals surface area contributed by atoms with Crippen molar-refractivity contribution >= 4 is 5.82 Å². The average Bonchev–Trinajstić information content (AvgIpc) is 3.14. The zero-order valence-electron chi connectivity index (χ0n) is 13.1. The molecule has 0 bridgehead atoms. The quantitative estimate of drug-likeness (QED) is 0.928. The van der Waals surface area contributed by atoms with E-state index in [0.29, 0.717) is 23.3 Å². The van der Waals surface area contributed by atoms with Crippen molar-refractivity contribution in [2.24, 2.45) is 11.8 Å². The first-order valence-electron chi connectivity index (χ1n) is 8.03. The number of hydrogen-bond donors (Lipinski definition) is 1. The Morgan fingerprint density at radius 1 is 1.08 bits per heavy atom. The van der Waals surface area contributed by atoms with Crippen molar-refractivity contribution in [1.29, 1.82) is 0 Å². The van der Waals surface area contributed by atoms with E-state index < -0.39 is 11.6 Å². The molecule has 2 aromatic rings. The number of nitrogens with one attached hydrogen (secondary N) is 1. The Balaban J connectivity index is 1.43. The molecule has 0 radical (unpaired) electrons. The van der Waals surface area contributed by atoms with E-state index in [9.17, 15) is 8.78 Å². The molecule has 2 aliphatic rings. The van der Waals surface area contributed by atoms with Gasteiger partial charge in [-0.1, -0.05) is 0 Å². The van der Waals surface area contributed by atoms with Gasteiger partial charge in [-0.05, 0) is 29.5 Å². The summed E-state index contributed by atoms with van der Waals surface area (Å²) in [5.41, 5.74) is 0.418. The third kappa shape index (κ3) is 3.17. The Morgan fingerprint density at radius 2 is 1.79 bits per heavy atom. The molecule has 5 nitrogen and oxygen atoms in total. The van der Waals surface area contributed by atoms with Crippen LogP contribution < -0.4 is 15.0 Å². The van der Waals surface area contributed by atoms with Gasteiger partial charge in [-0.2, -0.15) is 4.98 Å². The first kappa shape index (κ1) is 15.3. The molecule has 7 heteroatoms. The van der Waals surface area contributed by atoms with Crippen LogP contribution in [0.3, 0.4) is 0 Å². The number of benzene rings is 1. The van der Waals surface area contributed by atoms with Gasteiger partial charge in [-0.25, -0.2) is 8.78 Å².